The van der Waals surface area contributed by atoms with Crippen molar-refractivity contribution >= 4 is 23.3 Å². The number of nitrogens with one attached hydrogen (secondary N) is 3. The van der Waals surface area contributed by atoms with Crippen LogP contribution in [0.2, 0.25) is 0 Å². The Morgan fingerprint density at radius 1 is 1.19 bits per heavy atom. The fourth-order valence-corrected chi connectivity index (χ4v) is 3.51. The van der Waals surface area contributed by atoms with E-state index in [4.69, 9.17) is 4.74 Å². The van der Waals surface area contributed by atoms with E-state index in [1.54, 1.807) is 12.1 Å². The van der Waals surface area contributed by atoms with Gasteiger partial charge in [-0.3, -0.25) is 14.7 Å². The minimum absolute atomic E-state index is 0.00490. The van der Waals surface area contributed by atoms with Crippen molar-refractivity contribution in [3.63, 3.8) is 0 Å². The zero-order chi connectivity index (χ0) is 17.9. The molecule has 1 saturated heterocycles. The molecule has 3 N–H and O–H groups in total. The molecule has 0 bridgehead atoms. The minimum atomic E-state index is -0.240. The smallest absolute Gasteiger partial charge is 0.256 e. The number of hydrogen-bond acceptors (Lipinski definition) is 4. The van der Waals surface area contributed by atoms with Crippen LogP contribution in [0.1, 0.15) is 53.2 Å². The van der Waals surface area contributed by atoms with Gasteiger partial charge in [-0.1, -0.05) is 6.07 Å². The summed E-state index contributed by atoms with van der Waals surface area (Å²) in [7, 11) is 0. The normalized spacial score (nSPS) is 17.9. The Hall–Kier alpha value is -2.67. The molecule has 0 radical (unpaired) electrons. The standard InChI is InChI=1S/C19H22N4O3/c24-18-3-1-2-12-4-5-14(10-15(12)20-18)19(25)21-17-11-16(22-23-17)13-6-8-26-9-7-13/h4-5,10-11,13H,1-3,6-9H2,(H,20,24)(H2,21,22,23,25). The Labute approximate surface area is 151 Å². The van der Waals surface area contributed by atoms with E-state index >= 15 is 0 Å². The fourth-order valence-electron chi connectivity index (χ4n) is 3.51. The first-order chi connectivity index (χ1) is 12.7. The van der Waals surface area contributed by atoms with E-state index in [2.05, 4.69) is 20.8 Å². The fraction of sp³-hybridized carbons (Fsp3) is 0.421. The molecule has 4 rings (SSSR count). The topological polar surface area (TPSA) is 96.1 Å². The van der Waals surface area contributed by atoms with Gasteiger partial charge in [0.05, 0.1) is 0 Å². The van der Waals surface area contributed by atoms with Gasteiger partial charge in [0.2, 0.25) is 5.91 Å². The molecule has 26 heavy (non-hydrogen) atoms. The van der Waals surface area contributed by atoms with Crippen molar-refractivity contribution in [2.45, 2.75) is 38.0 Å². The second-order valence-electron chi connectivity index (χ2n) is 6.82. The quantitative estimate of drug-likeness (QED) is 0.790. The second-order valence-corrected chi connectivity index (χ2v) is 6.82. The number of carbonyl (C=O) groups is 2. The van der Waals surface area contributed by atoms with Crippen LogP contribution in [0, 0.1) is 0 Å². The Morgan fingerprint density at radius 2 is 2.04 bits per heavy atom. The van der Waals surface area contributed by atoms with Crippen molar-refractivity contribution < 1.29 is 14.3 Å². The van der Waals surface area contributed by atoms with Crippen LogP contribution in [0.25, 0.3) is 0 Å². The molecule has 7 nitrogen and oxygen atoms in total. The van der Waals surface area contributed by atoms with Crippen molar-refractivity contribution in [1.82, 2.24) is 10.2 Å². The molecule has 1 aromatic carbocycles. The number of aromatic nitrogens is 2. The maximum atomic E-state index is 12.6. The van der Waals surface area contributed by atoms with Gasteiger partial charge in [0.1, 0.15) is 0 Å². The Morgan fingerprint density at radius 3 is 2.88 bits per heavy atom. The van der Waals surface area contributed by atoms with E-state index < -0.39 is 0 Å². The highest BCUT2D eigenvalue weighted by molar-refractivity contribution is 6.05. The van der Waals surface area contributed by atoms with E-state index in [-0.39, 0.29) is 11.8 Å². The summed E-state index contributed by atoms with van der Waals surface area (Å²) in [5.74, 6) is 0.658. The lowest BCUT2D eigenvalue weighted by molar-refractivity contribution is -0.116. The molecule has 3 heterocycles. The predicted molar refractivity (Wildman–Crippen MR) is 97.3 cm³/mol. The van der Waals surface area contributed by atoms with Gasteiger partial charge in [0.15, 0.2) is 5.82 Å². The first-order valence-electron chi connectivity index (χ1n) is 9.06. The van der Waals surface area contributed by atoms with Crippen LogP contribution < -0.4 is 10.6 Å². The zero-order valence-corrected chi connectivity index (χ0v) is 14.5. The predicted octanol–water partition coefficient (Wildman–Crippen LogP) is 2.83. The van der Waals surface area contributed by atoms with Crippen LogP contribution in [0.15, 0.2) is 24.3 Å². The van der Waals surface area contributed by atoms with Crippen molar-refractivity contribution in [1.29, 1.82) is 0 Å². The van der Waals surface area contributed by atoms with Crippen LogP contribution in [0.4, 0.5) is 11.5 Å². The highest BCUT2D eigenvalue weighted by Crippen LogP contribution is 2.27. The largest absolute Gasteiger partial charge is 0.381 e. The van der Waals surface area contributed by atoms with Crippen molar-refractivity contribution in [3.8, 4) is 0 Å². The van der Waals surface area contributed by atoms with Crippen molar-refractivity contribution in [2.75, 3.05) is 23.8 Å². The number of anilines is 2. The van der Waals surface area contributed by atoms with Gasteiger partial charge in [-0.25, -0.2) is 0 Å². The maximum absolute atomic E-state index is 12.6. The molecule has 2 aliphatic rings. The lowest BCUT2D eigenvalue weighted by Crippen LogP contribution is -2.14. The third kappa shape index (κ3) is 3.62. The van der Waals surface area contributed by atoms with Gasteiger partial charge in [-0.2, -0.15) is 5.10 Å². The number of H-pyrrole nitrogens is 1. The number of rotatable bonds is 3. The van der Waals surface area contributed by atoms with Crippen LogP contribution in [0.5, 0.6) is 0 Å². The maximum Gasteiger partial charge on any atom is 0.256 e. The Kier molecular flexibility index (Phi) is 4.71. The summed E-state index contributed by atoms with van der Waals surface area (Å²) in [5, 5.41) is 12.9. The molecule has 136 valence electrons. The lowest BCUT2D eigenvalue weighted by atomic mass is 9.97. The summed E-state index contributed by atoms with van der Waals surface area (Å²) in [5.41, 5.74) is 3.32. The first-order valence-corrected chi connectivity index (χ1v) is 9.06. The molecule has 0 spiro atoms. The van der Waals surface area contributed by atoms with Crippen LogP contribution >= 0.6 is 0 Å². The van der Waals surface area contributed by atoms with Crippen molar-refractivity contribution in [3.05, 3.63) is 41.1 Å². The highest BCUT2D eigenvalue weighted by atomic mass is 16.5. The van der Waals surface area contributed by atoms with E-state index in [0.717, 1.165) is 55.8 Å². The van der Waals surface area contributed by atoms with Gasteiger partial charge in [0.25, 0.3) is 5.91 Å². The number of aromatic amines is 1. The number of nitrogens with zero attached hydrogens (tertiary/aromatic N) is 1. The van der Waals surface area contributed by atoms with Crippen LogP contribution in [-0.4, -0.2) is 35.2 Å². The van der Waals surface area contributed by atoms with Gasteiger partial charge >= 0.3 is 0 Å². The number of aryl methyl sites for hydroxylation is 1. The average molecular weight is 354 g/mol. The number of hydrogen-bond donors (Lipinski definition) is 3. The number of amides is 2. The van der Waals surface area contributed by atoms with Crippen molar-refractivity contribution in [2.24, 2.45) is 0 Å². The number of benzene rings is 1. The zero-order valence-electron chi connectivity index (χ0n) is 14.5. The summed E-state index contributed by atoms with van der Waals surface area (Å²) in [6.07, 6.45) is 4.09. The SMILES string of the molecule is O=C1CCCc2ccc(C(=O)Nc3cc(C4CCOCC4)[nH]n3)cc2N1. The molecule has 7 heteroatoms. The third-order valence-corrected chi connectivity index (χ3v) is 5.00. The molecular weight excluding hydrogens is 332 g/mol. The molecule has 2 amide bonds. The lowest BCUT2D eigenvalue weighted by Gasteiger charge is -2.20. The summed E-state index contributed by atoms with van der Waals surface area (Å²) in [6.45, 7) is 1.51. The van der Waals surface area contributed by atoms with Gasteiger partial charge in [-0.15, -0.1) is 0 Å². The Bertz CT molecular complexity index is 824. The van der Waals surface area contributed by atoms with E-state index in [1.165, 1.54) is 0 Å². The average Bonchev–Trinajstić information content (AvgIpc) is 3.03. The number of ether oxygens (including phenoxy) is 1. The molecule has 1 aromatic heterocycles. The summed E-state index contributed by atoms with van der Waals surface area (Å²) in [4.78, 5) is 24.3. The van der Waals surface area contributed by atoms with Gasteiger partial charge < -0.3 is 15.4 Å². The highest BCUT2D eigenvalue weighted by Gasteiger charge is 2.19. The molecule has 0 saturated carbocycles. The molecule has 2 aromatic rings. The van der Waals surface area contributed by atoms with E-state index in [0.29, 0.717) is 23.7 Å². The first kappa shape index (κ1) is 16.8. The summed E-state index contributed by atoms with van der Waals surface area (Å²) >= 11 is 0. The molecular formula is C19H22N4O3. The molecule has 1 fully saturated rings. The van der Waals surface area contributed by atoms with Crippen LogP contribution in [-0.2, 0) is 16.0 Å². The molecule has 0 aliphatic carbocycles. The summed E-state index contributed by atoms with van der Waals surface area (Å²) < 4.78 is 5.38. The van der Waals surface area contributed by atoms with Gasteiger partial charge in [0, 0.05) is 48.6 Å². The van der Waals surface area contributed by atoms with Gasteiger partial charge in [-0.05, 0) is 43.4 Å². The minimum Gasteiger partial charge on any atom is -0.381 e. The Balaban J connectivity index is 1.46. The molecule has 2 aliphatic heterocycles. The molecule has 0 unspecified atom stereocenters. The monoisotopic (exact) mass is 354 g/mol. The number of carbonyl (C=O) groups excluding carboxylic acids is 2. The summed E-state index contributed by atoms with van der Waals surface area (Å²) in [6, 6.07) is 7.32. The van der Waals surface area contributed by atoms with E-state index in [1.807, 2.05) is 12.1 Å². The molecule has 0 atom stereocenters. The second kappa shape index (κ2) is 7.29. The van der Waals surface area contributed by atoms with Crippen LogP contribution in [0.3, 0.4) is 0 Å². The third-order valence-electron chi connectivity index (χ3n) is 5.00. The van der Waals surface area contributed by atoms with E-state index in [9.17, 15) is 9.59 Å². The number of fused-ring (bicyclic) bond motifs is 1.